The van der Waals surface area contributed by atoms with E-state index < -0.39 is 32.5 Å². The van der Waals surface area contributed by atoms with Crippen molar-refractivity contribution in [1.29, 1.82) is 0 Å². The molecule has 9 nitrogen and oxygen atoms in total. The Bertz CT molecular complexity index is 1380. The summed E-state index contributed by atoms with van der Waals surface area (Å²) in [5.41, 5.74) is 0. The smallest absolute Gasteiger partial charge is 0.306 e. The van der Waals surface area contributed by atoms with E-state index >= 15 is 0 Å². The Morgan fingerprint density at radius 1 is 0.517 bits per heavy atom. The van der Waals surface area contributed by atoms with E-state index in [-0.39, 0.29) is 26.1 Å². The molecule has 0 spiro atoms. The minimum Gasteiger partial charge on any atom is -0.756 e. The van der Waals surface area contributed by atoms with Crippen LogP contribution < -0.4 is 4.89 Å². The van der Waals surface area contributed by atoms with Gasteiger partial charge in [0.05, 0.1) is 27.7 Å². The van der Waals surface area contributed by atoms with Gasteiger partial charge in [0.2, 0.25) is 0 Å². The van der Waals surface area contributed by atoms with Gasteiger partial charge in [-0.1, -0.05) is 142 Å². The Labute approximate surface area is 366 Å². The first-order valence-electron chi connectivity index (χ1n) is 22.6. The normalized spacial score (nSPS) is 14.6. The summed E-state index contributed by atoms with van der Waals surface area (Å²) in [4.78, 5) is 37.6. The van der Waals surface area contributed by atoms with Gasteiger partial charge in [0.15, 0.2) is 6.10 Å². The predicted octanol–water partition coefficient (Wildman–Crippen LogP) is 12.5. The van der Waals surface area contributed by atoms with Crippen LogP contribution in [-0.4, -0.2) is 70.0 Å². The Morgan fingerprint density at radius 3 is 1.37 bits per heavy atom. The number of rotatable bonds is 39. The molecule has 0 radical (unpaired) electrons. The molecular weight excluding hydrogens is 774 g/mol. The van der Waals surface area contributed by atoms with Crippen LogP contribution in [0.15, 0.2) is 109 Å². The lowest BCUT2D eigenvalue weighted by Crippen LogP contribution is -2.37. The van der Waals surface area contributed by atoms with Gasteiger partial charge in [0.1, 0.15) is 19.8 Å². The van der Waals surface area contributed by atoms with Crippen LogP contribution in [0.25, 0.3) is 0 Å². The molecular formula is C50H82NO8P. The number of phosphoric acid groups is 1. The number of likely N-dealkylation sites (N-methyl/N-ethyl adjacent to an activating group) is 1. The van der Waals surface area contributed by atoms with Gasteiger partial charge >= 0.3 is 11.9 Å². The number of allylic oxidation sites excluding steroid dienone is 18. The van der Waals surface area contributed by atoms with E-state index in [9.17, 15) is 19.0 Å². The molecule has 0 rings (SSSR count). The highest BCUT2D eigenvalue weighted by atomic mass is 31.2. The monoisotopic (exact) mass is 856 g/mol. The van der Waals surface area contributed by atoms with Crippen LogP contribution in [0.5, 0.6) is 0 Å². The highest BCUT2D eigenvalue weighted by Gasteiger charge is 2.21. The minimum atomic E-state index is -4.65. The van der Waals surface area contributed by atoms with Gasteiger partial charge in [0.25, 0.3) is 7.82 Å². The topological polar surface area (TPSA) is 111 Å². The maximum absolute atomic E-state index is 12.7. The minimum absolute atomic E-state index is 0.0494. The summed E-state index contributed by atoms with van der Waals surface area (Å²) in [5.74, 6) is -0.918. The predicted molar refractivity (Wildman–Crippen MR) is 249 cm³/mol. The summed E-state index contributed by atoms with van der Waals surface area (Å²) >= 11 is 0. The van der Waals surface area contributed by atoms with Gasteiger partial charge in [-0.05, 0) is 96.3 Å². The van der Waals surface area contributed by atoms with E-state index in [1.165, 1.54) is 0 Å². The molecule has 0 aromatic rings. The second-order valence-electron chi connectivity index (χ2n) is 15.6. The van der Waals surface area contributed by atoms with Crippen molar-refractivity contribution in [2.45, 2.75) is 148 Å². The van der Waals surface area contributed by atoms with Crippen LogP contribution in [-0.2, 0) is 32.7 Å². The molecule has 60 heavy (non-hydrogen) atoms. The first kappa shape index (κ1) is 56.7. The molecule has 10 heteroatoms. The summed E-state index contributed by atoms with van der Waals surface area (Å²) < 4.78 is 33.8. The number of quaternary nitrogens is 1. The lowest BCUT2D eigenvalue weighted by atomic mass is 10.1. The van der Waals surface area contributed by atoms with Crippen LogP contribution in [0, 0.1) is 0 Å². The van der Waals surface area contributed by atoms with Gasteiger partial charge in [-0.2, -0.15) is 0 Å². The summed E-state index contributed by atoms with van der Waals surface area (Å²) in [5, 5.41) is 0. The largest absolute Gasteiger partial charge is 0.756 e. The molecule has 0 amide bonds. The summed E-state index contributed by atoms with van der Waals surface area (Å²) in [6.07, 6.45) is 55.5. The van der Waals surface area contributed by atoms with E-state index in [0.29, 0.717) is 23.9 Å². The van der Waals surface area contributed by atoms with Gasteiger partial charge < -0.3 is 27.9 Å². The lowest BCUT2D eigenvalue weighted by molar-refractivity contribution is -0.870. The molecule has 0 aliphatic rings. The SMILES string of the molecule is CC/C=C\C/C=C\C/C=C\C/C=C\C/C=C\C/C=C\CCCCC(=O)OC(COC(=O)CCCCCCC/C=C\C/C=C\C/C=C\CC)COP(=O)([O-])OCC[N+](C)(C)C. The fraction of sp³-hybridized carbons (Fsp3) is 0.600. The van der Waals surface area contributed by atoms with Crippen molar-refractivity contribution in [3.63, 3.8) is 0 Å². The van der Waals surface area contributed by atoms with Crippen molar-refractivity contribution in [3.05, 3.63) is 109 Å². The van der Waals surface area contributed by atoms with Crippen molar-refractivity contribution in [1.82, 2.24) is 0 Å². The fourth-order valence-corrected chi connectivity index (χ4v) is 6.05. The van der Waals surface area contributed by atoms with Crippen LogP contribution in [0.4, 0.5) is 0 Å². The highest BCUT2D eigenvalue weighted by Crippen LogP contribution is 2.38. The first-order chi connectivity index (χ1) is 29.0. The lowest BCUT2D eigenvalue weighted by Gasteiger charge is -2.28. The highest BCUT2D eigenvalue weighted by molar-refractivity contribution is 7.45. The van der Waals surface area contributed by atoms with Crippen LogP contribution in [0.2, 0.25) is 0 Å². The van der Waals surface area contributed by atoms with Crippen LogP contribution >= 0.6 is 7.82 Å². The molecule has 340 valence electrons. The number of hydrogen-bond donors (Lipinski definition) is 0. The summed E-state index contributed by atoms with van der Waals surface area (Å²) in [6.45, 7) is 3.90. The van der Waals surface area contributed by atoms with Crippen molar-refractivity contribution in [2.24, 2.45) is 0 Å². The van der Waals surface area contributed by atoms with E-state index in [1.54, 1.807) is 0 Å². The molecule has 0 aromatic carbocycles. The zero-order valence-electron chi connectivity index (χ0n) is 38.1. The average molecular weight is 856 g/mol. The quantitative estimate of drug-likeness (QED) is 0.0198. The van der Waals surface area contributed by atoms with E-state index in [0.717, 1.165) is 103 Å². The molecule has 0 bridgehead atoms. The third-order valence-corrected chi connectivity index (χ3v) is 9.75. The molecule has 0 N–H and O–H groups in total. The number of esters is 2. The molecule has 0 saturated heterocycles. The maximum atomic E-state index is 12.7. The fourth-order valence-electron chi connectivity index (χ4n) is 5.32. The van der Waals surface area contributed by atoms with E-state index in [2.05, 4.69) is 123 Å². The van der Waals surface area contributed by atoms with E-state index in [1.807, 2.05) is 21.1 Å². The van der Waals surface area contributed by atoms with Gasteiger partial charge in [-0.15, -0.1) is 0 Å². The number of unbranched alkanes of at least 4 members (excludes halogenated alkanes) is 7. The van der Waals surface area contributed by atoms with Crippen LogP contribution in [0.1, 0.15) is 142 Å². The average Bonchev–Trinajstić information content (AvgIpc) is 3.20. The third-order valence-electron chi connectivity index (χ3n) is 8.79. The molecule has 0 saturated carbocycles. The maximum Gasteiger partial charge on any atom is 0.306 e. The van der Waals surface area contributed by atoms with Crippen molar-refractivity contribution in [2.75, 3.05) is 47.5 Å². The van der Waals surface area contributed by atoms with Gasteiger partial charge in [-0.3, -0.25) is 14.2 Å². The Balaban J connectivity index is 4.48. The molecule has 0 aromatic heterocycles. The third kappa shape index (κ3) is 44.2. The Hall–Kier alpha value is -3.33. The molecule has 2 atom stereocenters. The number of carbonyl (C=O) groups excluding carboxylic acids is 2. The molecule has 0 aliphatic carbocycles. The Morgan fingerprint density at radius 2 is 0.900 bits per heavy atom. The second kappa shape index (κ2) is 41.0. The Kier molecular flexibility index (Phi) is 38.8. The van der Waals surface area contributed by atoms with Gasteiger partial charge in [-0.25, -0.2) is 0 Å². The summed E-state index contributed by atoms with van der Waals surface area (Å²) in [6, 6.07) is 0. The molecule has 0 fully saturated rings. The zero-order chi connectivity index (χ0) is 44.3. The summed E-state index contributed by atoms with van der Waals surface area (Å²) in [7, 11) is 1.10. The second-order valence-corrected chi connectivity index (χ2v) is 17.1. The molecule has 0 heterocycles. The zero-order valence-corrected chi connectivity index (χ0v) is 39.0. The standard InChI is InChI=1S/C50H82NO8P/c1-6-8-10-12-14-16-18-20-22-23-24-25-26-27-29-31-33-35-37-39-41-43-50(53)59-48(47-58-60(54,55)57-45-44-51(3,4)5)46-56-49(52)42-40-38-36-34-32-30-28-21-19-17-15-13-11-9-7-2/h8-11,14-17,20-22,24-25,27-29,33,35,48H,6-7,12-13,18-19,23,26,30-32,34,36-47H2,1-5H3/b10-8-,11-9-,16-14-,17-15-,22-20-,25-24-,28-21-,29-27-,35-33-. The van der Waals surface area contributed by atoms with Crippen LogP contribution in [0.3, 0.4) is 0 Å². The van der Waals surface area contributed by atoms with Gasteiger partial charge in [0, 0.05) is 12.8 Å². The first-order valence-corrected chi connectivity index (χ1v) is 24.1. The number of carbonyl (C=O) groups is 2. The van der Waals surface area contributed by atoms with Crippen molar-refractivity contribution >= 4 is 19.8 Å². The number of phosphoric ester groups is 1. The van der Waals surface area contributed by atoms with Crippen molar-refractivity contribution < 1.29 is 42.1 Å². The number of ether oxygens (including phenoxy) is 2. The van der Waals surface area contributed by atoms with E-state index in [4.69, 9.17) is 18.5 Å². The number of hydrogen-bond acceptors (Lipinski definition) is 8. The number of nitrogens with zero attached hydrogens (tertiary/aromatic N) is 1. The molecule has 2 unspecified atom stereocenters. The molecule has 0 aliphatic heterocycles. The van der Waals surface area contributed by atoms with Crippen molar-refractivity contribution in [3.8, 4) is 0 Å².